The van der Waals surface area contributed by atoms with Crippen LogP contribution in [0.5, 0.6) is 0 Å². The Morgan fingerprint density at radius 3 is 2.62 bits per heavy atom. The van der Waals surface area contributed by atoms with E-state index < -0.39 is 33.7 Å². The Kier molecular flexibility index (Phi) is 5.76. The first kappa shape index (κ1) is 22.0. The number of hydrogen-bond acceptors (Lipinski definition) is 7. The molecule has 4 rings (SSSR count). The number of hydrogen-bond donors (Lipinski definition) is 2. The van der Waals surface area contributed by atoms with Crippen LogP contribution in [-0.2, 0) is 9.84 Å². The molecule has 32 heavy (non-hydrogen) atoms. The van der Waals surface area contributed by atoms with E-state index in [4.69, 9.17) is 5.73 Å². The van der Waals surface area contributed by atoms with Crippen LogP contribution in [-0.4, -0.2) is 34.9 Å². The van der Waals surface area contributed by atoms with Gasteiger partial charge in [0.15, 0.2) is 15.7 Å². The summed E-state index contributed by atoms with van der Waals surface area (Å²) < 4.78 is 64.2. The van der Waals surface area contributed by atoms with Crippen LogP contribution in [0.2, 0.25) is 0 Å². The van der Waals surface area contributed by atoms with Gasteiger partial charge in [-0.25, -0.2) is 36.5 Å². The Balaban J connectivity index is 1.73. The monoisotopic (exact) mass is 463 g/mol. The van der Waals surface area contributed by atoms with E-state index in [1.807, 2.05) is 0 Å². The largest absolute Gasteiger partial charge is 0.382 e. The lowest BCUT2D eigenvalue weighted by Gasteiger charge is -2.19. The molecule has 1 atom stereocenters. The maximum absolute atomic E-state index is 14.6. The second-order valence-electron chi connectivity index (χ2n) is 7.52. The van der Waals surface area contributed by atoms with E-state index >= 15 is 0 Å². The molecule has 0 fully saturated rings. The number of sulfone groups is 1. The molecule has 3 heterocycles. The molecule has 3 aromatic rings. The Hall–Kier alpha value is -3.21. The number of rotatable bonds is 5. The van der Waals surface area contributed by atoms with E-state index in [0.29, 0.717) is 28.8 Å². The van der Waals surface area contributed by atoms with Crippen molar-refractivity contribution in [3.05, 3.63) is 59.3 Å². The van der Waals surface area contributed by atoms with Gasteiger partial charge in [0.2, 0.25) is 0 Å². The van der Waals surface area contributed by atoms with Crippen LogP contribution in [0, 0.1) is 5.82 Å². The molecule has 0 aliphatic carbocycles. The van der Waals surface area contributed by atoms with E-state index in [1.54, 1.807) is 19.1 Å². The van der Waals surface area contributed by atoms with Crippen molar-refractivity contribution < 1.29 is 21.6 Å². The molecule has 7 nitrogen and oxygen atoms in total. The lowest BCUT2D eigenvalue weighted by molar-refractivity contribution is 0.146. The van der Waals surface area contributed by atoms with Crippen LogP contribution >= 0.6 is 0 Å². The number of nitrogens with zero attached hydrogens (tertiary/aromatic N) is 3. The Labute approximate surface area is 182 Å². The van der Waals surface area contributed by atoms with E-state index in [2.05, 4.69) is 20.3 Å². The van der Waals surface area contributed by atoms with Gasteiger partial charge in [0.25, 0.3) is 6.43 Å². The molecule has 0 radical (unpaired) electrons. The number of allylic oxidation sites excluding steroid dienone is 1. The first-order valence-electron chi connectivity index (χ1n) is 9.80. The van der Waals surface area contributed by atoms with Crippen LogP contribution in [0.15, 0.2) is 36.7 Å². The Morgan fingerprint density at radius 1 is 1.19 bits per heavy atom. The SMILES string of the molecule is C[C@@H](Nc1ncnc2c(N)nc(C3=CCS(=O)(=O)CC3)cc12)c1cccc(C(F)F)c1F. The first-order chi connectivity index (χ1) is 15.2. The maximum atomic E-state index is 14.6. The number of anilines is 2. The van der Waals surface area contributed by atoms with E-state index in [0.717, 1.165) is 11.6 Å². The number of fused-ring (bicyclic) bond motifs is 1. The number of halogens is 3. The molecule has 0 spiro atoms. The van der Waals surface area contributed by atoms with Crippen LogP contribution in [0.3, 0.4) is 0 Å². The summed E-state index contributed by atoms with van der Waals surface area (Å²) in [5.74, 6) is -0.573. The van der Waals surface area contributed by atoms with Crippen molar-refractivity contribution in [1.82, 2.24) is 15.0 Å². The molecule has 0 saturated carbocycles. The van der Waals surface area contributed by atoms with Gasteiger partial charge in [-0.2, -0.15) is 0 Å². The Bertz CT molecular complexity index is 1330. The molecule has 0 saturated heterocycles. The van der Waals surface area contributed by atoms with E-state index in [1.165, 1.54) is 18.5 Å². The van der Waals surface area contributed by atoms with Crippen LogP contribution in [0.4, 0.5) is 24.8 Å². The summed E-state index contributed by atoms with van der Waals surface area (Å²) in [6.45, 7) is 1.63. The summed E-state index contributed by atoms with van der Waals surface area (Å²) in [6.07, 6.45) is 0.256. The van der Waals surface area contributed by atoms with Gasteiger partial charge in [0.1, 0.15) is 23.5 Å². The van der Waals surface area contributed by atoms with Crippen molar-refractivity contribution in [3.63, 3.8) is 0 Å². The predicted molar refractivity (Wildman–Crippen MR) is 116 cm³/mol. The summed E-state index contributed by atoms with van der Waals surface area (Å²) in [4.78, 5) is 12.7. The minimum atomic E-state index is -3.11. The summed E-state index contributed by atoms with van der Waals surface area (Å²) in [5.41, 5.74) is 7.09. The van der Waals surface area contributed by atoms with Crippen molar-refractivity contribution in [2.45, 2.75) is 25.8 Å². The average molecular weight is 463 g/mol. The number of nitrogen functional groups attached to an aromatic ring is 1. The number of pyridine rings is 1. The lowest BCUT2D eigenvalue weighted by atomic mass is 10.0. The zero-order valence-corrected chi connectivity index (χ0v) is 17.8. The molecule has 2 aromatic heterocycles. The van der Waals surface area contributed by atoms with Crippen molar-refractivity contribution in [1.29, 1.82) is 0 Å². The number of alkyl halides is 2. The van der Waals surface area contributed by atoms with E-state index in [9.17, 15) is 21.6 Å². The fourth-order valence-corrected chi connectivity index (χ4v) is 4.79. The highest BCUT2D eigenvalue weighted by Crippen LogP contribution is 2.32. The standard InChI is InChI=1S/C21H20F3N5O2S/c1-11(13-3-2-4-14(17(13)22)19(23)24)28-21-15-9-16(12-5-7-32(30,31)8-6-12)29-20(25)18(15)26-10-27-21/h2-5,9-11,19H,6-8H2,1H3,(H2,25,29)(H,26,27,28)/t11-/m1/s1. The molecule has 11 heteroatoms. The molecule has 3 N–H and O–H groups in total. The molecule has 1 aliphatic heterocycles. The molecular formula is C21H20F3N5O2S. The number of nitrogens with two attached hydrogens (primary N) is 1. The first-order valence-corrected chi connectivity index (χ1v) is 11.6. The number of aromatic nitrogens is 3. The van der Waals surface area contributed by atoms with Gasteiger partial charge in [0.05, 0.1) is 28.8 Å². The average Bonchev–Trinajstić information content (AvgIpc) is 2.74. The highest BCUT2D eigenvalue weighted by atomic mass is 32.2. The van der Waals surface area contributed by atoms with Gasteiger partial charge in [-0.3, -0.25) is 0 Å². The third kappa shape index (κ3) is 4.24. The minimum absolute atomic E-state index is 0.0195. The number of nitrogens with one attached hydrogen (secondary N) is 1. The topological polar surface area (TPSA) is 111 Å². The zero-order valence-electron chi connectivity index (χ0n) is 17.0. The summed E-state index contributed by atoms with van der Waals surface area (Å²) in [6, 6.07) is 4.85. The second-order valence-corrected chi connectivity index (χ2v) is 9.75. The smallest absolute Gasteiger partial charge is 0.266 e. The molecule has 0 amide bonds. The highest BCUT2D eigenvalue weighted by molar-refractivity contribution is 7.91. The normalized spacial score (nSPS) is 16.7. The molecule has 168 valence electrons. The third-order valence-corrected chi connectivity index (χ3v) is 6.86. The molecule has 1 aromatic carbocycles. The number of benzene rings is 1. The van der Waals surface area contributed by atoms with Crippen molar-refractivity contribution >= 4 is 37.9 Å². The summed E-state index contributed by atoms with van der Waals surface area (Å²) in [7, 11) is -3.11. The van der Waals surface area contributed by atoms with Crippen LogP contribution in [0.1, 0.15) is 42.6 Å². The van der Waals surface area contributed by atoms with Crippen molar-refractivity contribution in [3.8, 4) is 0 Å². The van der Waals surface area contributed by atoms with Crippen molar-refractivity contribution in [2.75, 3.05) is 22.6 Å². The van der Waals surface area contributed by atoms with Gasteiger partial charge in [-0.05, 0) is 25.0 Å². The zero-order chi connectivity index (χ0) is 23.0. The van der Waals surface area contributed by atoms with Crippen LogP contribution < -0.4 is 11.1 Å². The fraction of sp³-hybridized carbons (Fsp3) is 0.286. The van der Waals surface area contributed by atoms with Crippen molar-refractivity contribution in [2.24, 2.45) is 0 Å². The minimum Gasteiger partial charge on any atom is -0.382 e. The van der Waals surface area contributed by atoms with Gasteiger partial charge in [-0.15, -0.1) is 0 Å². The molecular weight excluding hydrogens is 443 g/mol. The molecule has 0 bridgehead atoms. The van der Waals surface area contributed by atoms with Crippen LogP contribution in [0.25, 0.3) is 16.5 Å². The lowest BCUT2D eigenvalue weighted by Crippen LogP contribution is -2.16. The summed E-state index contributed by atoms with van der Waals surface area (Å²) >= 11 is 0. The van der Waals surface area contributed by atoms with Gasteiger partial charge in [0, 0.05) is 10.9 Å². The Morgan fingerprint density at radius 2 is 1.94 bits per heavy atom. The van der Waals surface area contributed by atoms with Gasteiger partial charge in [-0.1, -0.05) is 24.3 Å². The third-order valence-electron chi connectivity index (χ3n) is 5.36. The summed E-state index contributed by atoms with van der Waals surface area (Å²) in [5, 5.41) is 3.55. The molecule has 1 aliphatic rings. The highest BCUT2D eigenvalue weighted by Gasteiger charge is 2.22. The quantitative estimate of drug-likeness (QED) is 0.587. The fourth-order valence-electron chi connectivity index (χ4n) is 3.63. The maximum Gasteiger partial charge on any atom is 0.266 e. The second kappa shape index (κ2) is 8.38. The van der Waals surface area contributed by atoms with E-state index in [-0.39, 0.29) is 22.9 Å². The van der Waals surface area contributed by atoms with Gasteiger partial charge < -0.3 is 11.1 Å². The molecule has 0 unspecified atom stereocenters. The van der Waals surface area contributed by atoms with Gasteiger partial charge >= 0.3 is 0 Å². The predicted octanol–water partition coefficient (Wildman–Crippen LogP) is 4.06.